The predicted octanol–water partition coefficient (Wildman–Crippen LogP) is 5.96. The number of unbranched alkanes of at least 4 members (excludes halogenated alkanes) is 8. The second-order valence-electron chi connectivity index (χ2n) is 7.89. The van der Waals surface area contributed by atoms with Crippen molar-refractivity contribution < 1.29 is 19.1 Å². The molecule has 0 rings (SSSR count). The Morgan fingerprint density at radius 2 is 1.32 bits per heavy atom. The lowest BCUT2D eigenvalue weighted by Crippen LogP contribution is -2.28. The summed E-state index contributed by atoms with van der Waals surface area (Å²) in [4.78, 5) is 23.7. The van der Waals surface area contributed by atoms with E-state index in [2.05, 4.69) is 6.92 Å². The van der Waals surface area contributed by atoms with Crippen LogP contribution in [0.15, 0.2) is 0 Å². The molecule has 1 unspecified atom stereocenters. The van der Waals surface area contributed by atoms with Crippen LogP contribution in [-0.4, -0.2) is 23.6 Å². The highest BCUT2D eigenvalue weighted by atomic mass is 16.6. The van der Waals surface area contributed by atoms with E-state index in [0.29, 0.717) is 12.8 Å². The van der Waals surface area contributed by atoms with Gasteiger partial charge in [-0.25, -0.2) is 0 Å². The van der Waals surface area contributed by atoms with Crippen LogP contribution < -0.4 is 0 Å². The van der Waals surface area contributed by atoms with Crippen LogP contribution in [0.5, 0.6) is 0 Å². The van der Waals surface area contributed by atoms with Crippen LogP contribution in [0.3, 0.4) is 0 Å². The van der Waals surface area contributed by atoms with Gasteiger partial charge in [0, 0.05) is 6.42 Å². The Hall–Kier alpha value is -1.06. The molecule has 0 radical (unpaired) electrons. The van der Waals surface area contributed by atoms with Crippen molar-refractivity contribution >= 4 is 11.9 Å². The van der Waals surface area contributed by atoms with E-state index < -0.39 is 5.60 Å². The molecule has 0 fully saturated rings. The minimum absolute atomic E-state index is 0.136. The summed E-state index contributed by atoms with van der Waals surface area (Å²) in [6, 6.07) is 0. The topological polar surface area (TPSA) is 52.6 Å². The Morgan fingerprint density at radius 3 is 1.80 bits per heavy atom. The van der Waals surface area contributed by atoms with E-state index in [4.69, 9.17) is 9.47 Å². The Balaban J connectivity index is 3.76. The van der Waals surface area contributed by atoms with E-state index in [9.17, 15) is 9.59 Å². The van der Waals surface area contributed by atoms with E-state index >= 15 is 0 Å². The maximum absolute atomic E-state index is 11.9. The maximum atomic E-state index is 11.9. The van der Waals surface area contributed by atoms with Gasteiger partial charge in [0.05, 0.1) is 6.42 Å². The molecule has 0 saturated carbocycles. The van der Waals surface area contributed by atoms with E-state index in [1.165, 1.54) is 44.9 Å². The molecule has 0 aliphatic rings. The third-order valence-corrected chi connectivity index (χ3v) is 4.05. The summed E-state index contributed by atoms with van der Waals surface area (Å²) < 4.78 is 10.7. The van der Waals surface area contributed by atoms with E-state index in [1.807, 2.05) is 27.7 Å². The van der Waals surface area contributed by atoms with Crippen molar-refractivity contribution in [3.63, 3.8) is 0 Å². The highest BCUT2D eigenvalue weighted by Gasteiger charge is 2.21. The standard InChI is InChI=1S/C21H40O4/c1-6-8-9-10-11-12-13-14-15-16-19(22)24-18(7-2)17-20(23)25-21(3,4)5/h18H,6-17H2,1-5H3. The number of carbonyl (C=O) groups excluding carboxylic acids is 2. The molecule has 0 aromatic rings. The summed E-state index contributed by atoms with van der Waals surface area (Å²) >= 11 is 0. The van der Waals surface area contributed by atoms with E-state index in [1.54, 1.807) is 0 Å². The van der Waals surface area contributed by atoms with Crippen LogP contribution in [0.1, 0.15) is 112 Å². The first-order valence-corrected chi connectivity index (χ1v) is 10.2. The Labute approximate surface area is 155 Å². The molecular formula is C21H40O4. The van der Waals surface area contributed by atoms with Crippen molar-refractivity contribution in [2.75, 3.05) is 0 Å². The van der Waals surface area contributed by atoms with Gasteiger partial charge >= 0.3 is 11.9 Å². The summed E-state index contributed by atoms with van der Waals surface area (Å²) in [6.07, 6.45) is 11.8. The summed E-state index contributed by atoms with van der Waals surface area (Å²) in [6.45, 7) is 9.65. The number of carbonyl (C=O) groups is 2. The Morgan fingerprint density at radius 1 is 0.800 bits per heavy atom. The van der Waals surface area contributed by atoms with Gasteiger partial charge in [-0.3, -0.25) is 9.59 Å². The number of esters is 2. The fraction of sp³-hybridized carbons (Fsp3) is 0.905. The van der Waals surface area contributed by atoms with Crippen molar-refractivity contribution in [2.45, 2.75) is 123 Å². The molecule has 1 atom stereocenters. The van der Waals surface area contributed by atoms with Gasteiger partial charge in [-0.2, -0.15) is 0 Å². The maximum Gasteiger partial charge on any atom is 0.310 e. The fourth-order valence-corrected chi connectivity index (χ4v) is 2.66. The Bertz CT molecular complexity index is 357. The monoisotopic (exact) mass is 356 g/mol. The van der Waals surface area contributed by atoms with Gasteiger partial charge in [0.2, 0.25) is 0 Å². The van der Waals surface area contributed by atoms with Crippen molar-refractivity contribution in [1.82, 2.24) is 0 Å². The summed E-state index contributed by atoms with van der Waals surface area (Å²) in [7, 11) is 0. The molecule has 0 aliphatic heterocycles. The molecule has 4 nitrogen and oxygen atoms in total. The molecule has 0 bridgehead atoms. The zero-order valence-electron chi connectivity index (χ0n) is 17.2. The molecule has 0 spiro atoms. The molecular weight excluding hydrogens is 316 g/mol. The first kappa shape index (κ1) is 23.9. The third-order valence-electron chi connectivity index (χ3n) is 4.05. The molecule has 0 aromatic heterocycles. The predicted molar refractivity (Wildman–Crippen MR) is 102 cm³/mol. The number of hydrogen-bond donors (Lipinski definition) is 0. The second-order valence-corrected chi connectivity index (χ2v) is 7.89. The highest BCUT2D eigenvalue weighted by molar-refractivity contribution is 5.72. The van der Waals surface area contributed by atoms with Crippen LogP contribution >= 0.6 is 0 Å². The van der Waals surface area contributed by atoms with Gasteiger partial charge < -0.3 is 9.47 Å². The van der Waals surface area contributed by atoms with Crippen molar-refractivity contribution in [1.29, 1.82) is 0 Å². The number of rotatable bonds is 14. The highest BCUT2D eigenvalue weighted by Crippen LogP contribution is 2.14. The van der Waals surface area contributed by atoms with Crippen LogP contribution in [0, 0.1) is 0 Å². The first-order chi connectivity index (χ1) is 11.8. The summed E-state index contributed by atoms with van der Waals surface area (Å²) in [5.41, 5.74) is -0.504. The van der Waals surface area contributed by atoms with Gasteiger partial charge in [0.25, 0.3) is 0 Å². The minimum Gasteiger partial charge on any atom is -0.462 e. The lowest BCUT2D eigenvalue weighted by Gasteiger charge is -2.22. The van der Waals surface area contributed by atoms with Crippen LogP contribution in [-0.2, 0) is 19.1 Å². The van der Waals surface area contributed by atoms with Crippen LogP contribution in [0.4, 0.5) is 0 Å². The number of ether oxygens (including phenoxy) is 2. The molecule has 148 valence electrons. The molecule has 0 aromatic carbocycles. The smallest absolute Gasteiger partial charge is 0.310 e. The molecule has 4 heteroatoms. The lowest BCUT2D eigenvalue weighted by atomic mass is 10.1. The van der Waals surface area contributed by atoms with Gasteiger partial charge in [-0.15, -0.1) is 0 Å². The number of hydrogen-bond acceptors (Lipinski definition) is 4. The SMILES string of the molecule is CCCCCCCCCCCC(=O)OC(CC)CC(=O)OC(C)(C)C. The normalized spacial score (nSPS) is 12.7. The fourth-order valence-electron chi connectivity index (χ4n) is 2.66. The molecule has 0 aliphatic carbocycles. The van der Waals surface area contributed by atoms with Crippen molar-refractivity contribution in [3.05, 3.63) is 0 Å². The molecule has 0 amide bonds. The summed E-state index contributed by atoms with van der Waals surface area (Å²) in [5.74, 6) is -0.506. The zero-order chi connectivity index (χ0) is 19.1. The van der Waals surface area contributed by atoms with Crippen LogP contribution in [0.25, 0.3) is 0 Å². The largest absolute Gasteiger partial charge is 0.462 e. The third kappa shape index (κ3) is 16.2. The average Bonchev–Trinajstić information content (AvgIpc) is 2.50. The lowest BCUT2D eigenvalue weighted by molar-refractivity contribution is -0.161. The summed E-state index contributed by atoms with van der Waals surface area (Å²) in [5, 5.41) is 0. The van der Waals surface area contributed by atoms with Gasteiger partial charge in [-0.1, -0.05) is 65.2 Å². The molecule has 0 saturated heterocycles. The minimum atomic E-state index is -0.504. The molecule has 0 N–H and O–H groups in total. The first-order valence-electron chi connectivity index (χ1n) is 10.2. The van der Waals surface area contributed by atoms with E-state index in [0.717, 1.165) is 12.8 Å². The second kappa shape index (κ2) is 14.1. The van der Waals surface area contributed by atoms with Crippen molar-refractivity contribution in [2.24, 2.45) is 0 Å². The molecule has 25 heavy (non-hydrogen) atoms. The van der Waals surface area contributed by atoms with E-state index in [-0.39, 0.29) is 24.5 Å². The van der Waals surface area contributed by atoms with Gasteiger partial charge in [-0.05, 0) is 33.6 Å². The zero-order valence-corrected chi connectivity index (χ0v) is 17.2. The van der Waals surface area contributed by atoms with Crippen molar-refractivity contribution in [3.8, 4) is 0 Å². The quantitative estimate of drug-likeness (QED) is 0.284. The Kier molecular flexibility index (Phi) is 13.5. The van der Waals surface area contributed by atoms with Gasteiger partial charge in [0.15, 0.2) is 0 Å². The average molecular weight is 357 g/mol. The van der Waals surface area contributed by atoms with Crippen LogP contribution in [0.2, 0.25) is 0 Å². The van der Waals surface area contributed by atoms with Gasteiger partial charge in [0.1, 0.15) is 11.7 Å². The molecule has 0 heterocycles.